The van der Waals surface area contributed by atoms with E-state index < -0.39 is 5.60 Å². The zero-order valence-corrected chi connectivity index (χ0v) is 15.6. The Kier molecular flexibility index (Phi) is 4.71. The molecule has 7 heteroatoms. The molecule has 0 radical (unpaired) electrons. The number of hydrogen-bond acceptors (Lipinski definition) is 5. The predicted octanol–water partition coefficient (Wildman–Crippen LogP) is 2.87. The molecule has 0 aromatic carbocycles. The Morgan fingerprint density at radius 2 is 2.15 bits per heavy atom. The number of fused-ring (bicyclic) bond motifs is 1. The summed E-state index contributed by atoms with van der Waals surface area (Å²) in [5.41, 5.74) is 7.89. The quantitative estimate of drug-likeness (QED) is 0.897. The number of nitrogens with two attached hydrogens (primary N) is 1. The van der Waals surface area contributed by atoms with E-state index in [1.807, 2.05) is 50.6 Å². The number of pyridine rings is 1. The molecule has 7 nitrogen and oxygen atoms in total. The van der Waals surface area contributed by atoms with Crippen LogP contribution in [0.5, 0.6) is 0 Å². The number of carbonyl (C=O) groups excluding carboxylic acids is 1. The summed E-state index contributed by atoms with van der Waals surface area (Å²) in [4.78, 5) is 23.1. The lowest BCUT2D eigenvalue weighted by Crippen LogP contribution is -2.49. The maximum atomic E-state index is 12.6. The van der Waals surface area contributed by atoms with Gasteiger partial charge in [-0.25, -0.2) is 4.79 Å². The van der Waals surface area contributed by atoms with Crippen LogP contribution in [-0.4, -0.2) is 51.0 Å². The highest BCUT2D eigenvalue weighted by Gasteiger charge is 2.31. The summed E-state index contributed by atoms with van der Waals surface area (Å²) in [5.74, 6) is 0. The van der Waals surface area contributed by atoms with Gasteiger partial charge >= 0.3 is 6.09 Å². The fourth-order valence-electron chi connectivity index (χ4n) is 2.94. The van der Waals surface area contributed by atoms with E-state index in [1.54, 1.807) is 17.3 Å². The lowest BCUT2D eigenvalue weighted by Gasteiger charge is -2.34. The average Bonchev–Trinajstić information content (AvgIpc) is 2.99. The normalized spacial score (nSPS) is 18.8. The molecule has 2 aromatic heterocycles. The second-order valence-electron chi connectivity index (χ2n) is 7.42. The van der Waals surface area contributed by atoms with E-state index in [4.69, 9.17) is 10.5 Å². The maximum Gasteiger partial charge on any atom is 0.410 e. The van der Waals surface area contributed by atoms with Crippen molar-refractivity contribution in [2.75, 3.05) is 13.1 Å². The highest BCUT2D eigenvalue weighted by molar-refractivity contribution is 6.21. The molecule has 2 N–H and O–H groups in total. The van der Waals surface area contributed by atoms with Crippen LogP contribution in [-0.2, 0) is 4.74 Å². The van der Waals surface area contributed by atoms with Crippen LogP contribution in [0.1, 0.15) is 27.7 Å². The van der Waals surface area contributed by atoms with Crippen LogP contribution in [0.15, 0.2) is 41.9 Å². The summed E-state index contributed by atoms with van der Waals surface area (Å²) < 4.78 is 7.51. The fourth-order valence-corrected chi connectivity index (χ4v) is 2.94. The second kappa shape index (κ2) is 6.82. The molecule has 3 rings (SSSR count). The minimum atomic E-state index is -0.540. The molecule has 2 aromatic rings. The third-order valence-electron chi connectivity index (χ3n) is 4.23. The maximum absolute atomic E-state index is 12.6. The van der Waals surface area contributed by atoms with E-state index in [1.165, 1.54) is 6.20 Å². The molecule has 0 bridgehead atoms. The molecule has 1 aliphatic rings. The highest BCUT2D eigenvalue weighted by Crippen LogP contribution is 2.22. The monoisotopic (exact) mass is 355 g/mol. The first-order valence-electron chi connectivity index (χ1n) is 8.67. The van der Waals surface area contributed by atoms with Crippen LogP contribution in [0, 0.1) is 0 Å². The Bertz CT molecular complexity index is 875. The number of amides is 1. The van der Waals surface area contributed by atoms with Crippen molar-refractivity contribution in [3.8, 4) is 0 Å². The molecule has 0 fully saturated rings. The minimum Gasteiger partial charge on any atom is -0.444 e. The molecular formula is C19H25N5O2. The van der Waals surface area contributed by atoms with Crippen LogP contribution >= 0.6 is 0 Å². The van der Waals surface area contributed by atoms with Crippen LogP contribution < -0.4 is 5.73 Å². The summed E-state index contributed by atoms with van der Waals surface area (Å²) in [6.07, 6.45) is 6.67. The molecule has 138 valence electrons. The van der Waals surface area contributed by atoms with E-state index in [9.17, 15) is 4.79 Å². The van der Waals surface area contributed by atoms with Crippen molar-refractivity contribution in [3.63, 3.8) is 0 Å². The Labute approximate surface area is 153 Å². The molecule has 0 unspecified atom stereocenters. The summed E-state index contributed by atoms with van der Waals surface area (Å²) in [5, 5.41) is 1.01. The van der Waals surface area contributed by atoms with Crippen molar-refractivity contribution < 1.29 is 9.53 Å². The van der Waals surface area contributed by atoms with Crippen molar-refractivity contribution in [1.82, 2.24) is 14.5 Å². The van der Waals surface area contributed by atoms with Gasteiger partial charge in [-0.3, -0.25) is 14.9 Å². The van der Waals surface area contributed by atoms with Crippen LogP contribution in [0.2, 0.25) is 0 Å². The topological polar surface area (TPSA) is 85.7 Å². The van der Waals surface area contributed by atoms with Crippen molar-refractivity contribution in [2.24, 2.45) is 10.7 Å². The van der Waals surface area contributed by atoms with Crippen LogP contribution in [0.25, 0.3) is 16.6 Å². The van der Waals surface area contributed by atoms with Gasteiger partial charge in [0.2, 0.25) is 0 Å². The Morgan fingerprint density at radius 1 is 1.38 bits per heavy atom. The van der Waals surface area contributed by atoms with Gasteiger partial charge in [0.25, 0.3) is 0 Å². The Hall–Kier alpha value is -2.83. The lowest BCUT2D eigenvalue weighted by molar-refractivity contribution is 0.0210. The molecule has 0 saturated heterocycles. The van der Waals surface area contributed by atoms with Gasteiger partial charge < -0.3 is 15.0 Å². The third-order valence-corrected chi connectivity index (χ3v) is 4.23. The first-order chi connectivity index (χ1) is 12.3. The van der Waals surface area contributed by atoms with Gasteiger partial charge in [0, 0.05) is 30.2 Å². The second-order valence-corrected chi connectivity index (χ2v) is 7.42. The molecule has 3 heterocycles. The summed E-state index contributed by atoms with van der Waals surface area (Å²) >= 11 is 0. The molecule has 0 saturated carbocycles. The molecule has 0 spiro atoms. The van der Waals surface area contributed by atoms with Crippen molar-refractivity contribution in [2.45, 2.75) is 39.3 Å². The first-order valence-corrected chi connectivity index (χ1v) is 8.67. The standard InChI is InChI=1S/C19H25N5O2/c1-13-10-22-15(12-24(13)18(25)26-19(2,3)4)17(9-20)23-8-6-14-11-21-7-5-16(14)23/h5-9,11,13H,10,12,20H2,1-4H3/t13-/m0/s1. The van der Waals surface area contributed by atoms with Crippen molar-refractivity contribution in [3.05, 3.63) is 36.9 Å². The summed E-state index contributed by atoms with van der Waals surface area (Å²) in [6, 6.07) is 3.87. The number of carbonyl (C=O) groups is 1. The third kappa shape index (κ3) is 3.56. The number of aromatic nitrogens is 2. The zero-order chi connectivity index (χ0) is 18.9. The molecule has 1 atom stereocenters. The van der Waals surface area contributed by atoms with Crippen molar-refractivity contribution in [1.29, 1.82) is 0 Å². The first kappa shape index (κ1) is 18.0. The largest absolute Gasteiger partial charge is 0.444 e. The van der Waals surface area contributed by atoms with E-state index in [0.29, 0.717) is 13.1 Å². The SMILES string of the molecule is C[C@H]1CN=C(C(=CN)n2ccc3cnccc32)CN1C(=O)OC(C)(C)C. The number of aliphatic imine (C=N–C) groups is 1. The van der Waals surface area contributed by atoms with Crippen molar-refractivity contribution >= 4 is 28.4 Å². The van der Waals surface area contributed by atoms with Gasteiger partial charge in [-0.2, -0.15) is 0 Å². The van der Waals surface area contributed by atoms with Gasteiger partial charge in [-0.05, 0) is 39.8 Å². The van der Waals surface area contributed by atoms with Crippen LogP contribution in [0.3, 0.4) is 0 Å². The molecular weight excluding hydrogens is 330 g/mol. The van der Waals surface area contributed by atoms with Gasteiger partial charge in [-0.1, -0.05) is 0 Å². The zero-order valence-electron chi connectivity index (χ0n) is 15.6. The minimum absolute atomic E-state index is 0.0294. The fraction of sp³-hybridized carbons (Fsp3) is 0.421. The highest BCUT2D eigenvalue weighted by atomic mass is 16.6. The van der Waals surface area contributed by atoms with Crippen LogP contribution in [0.4, 0.5) is 4.79 Å². The van der Waals surface area contributed by atoms with E-state index >= 15 is 0 Å². The Balaban J connectivity index is 1.89. The smallest absolute Gasteiger partial charge is 0.410 e. The molecule has 0 aliphatic carbocycles. The van der Waals surface area contributed by atoms with Gasteiger partial charge in [0.1, 0.15) is 5.60 Å². The number of rotatable bonds is 2. The number of nitrogens with zero attached hydrogens (tertiary/aromatic N) is 4. The predicted molar refractivity (Wildman–Crippen MR) is 103 cm³/mol. The summed E-state index contributed by atoms with van der Waals surface area (Å²) in [7, 11) is 0. The number of ether oxygens (including phenoxy) is 1. The Morgan fingerprint density at radius 3 is 2.85 bits per heavy atom. The van der Waals surface area contributed by atoms with E-state index in [2.05, 4.69) is 9.98 Å². The van der Waals surface area contributed by atoms with E-state index in [-0.39, 0.29) is 12.1 Å². The molecule has 1 amide bonds. The van der Waals surface area contributed by atoms with E-state index in [0.717, 1.165) is 22.3 Å². The lowest BCUT2D eigenvalue weighted by atomic mass is 10.1. The summed E-state index contributed by atoms with van der Waals surface area (Å²) in [6.45, 7) is 8.41. The molecule has 26 heavy (non-hydrogen) atoms. The number of hydrogen-bond donors (Lipinski definition) is 1. The van der Waals surface area contributed by atoms with Gasteiger partial charge in [0.15, 0.2) is 0 Å². The van der Waals surface area contributed by atoms with Gasteiger partial charge in [0.05, 0.1) is 36.1 Å². The molecule has 1 aliphatic heterocycles. The van der Waals surface area contributed by atoms with Gasteiger partial charge in [-0.15, -0.1) is 0 Å². The average molecular weight is 355 g/mol.